The van der Waals surface area contributed by atoms with Crippen LogP contribution in [-0.4, -0.2) is 35.6 Å². The van der Waals surface area contributed by atoms with Gasteiger partial charge in [0.2, 0.25) is 5.91 Å². The normalized spacial score (nSPS) is 24.3. The van der Waals surface area contributed by atoms with Gasteiger partial charge in [-0.05, 0) is 42.7 Å². The maximum Gasteiger partial charge on any atom is 0.226 e. The van der Waals surface area contributed by atoms with Crippen LogP contribution in [0.3, 0.4) is 0 Å². The number of rotatable bonds is 5. The lowest BCUT2D eigenvalue weighted by Crippen LogP contribution is -2.46. The molecular formula is C23H27NO2. The Bertz CT molecular complexity index is 735. The molecule has 26 heavy (non-hydrogen) atoms. The minimum atomic E-state index is -0.0828. The second-order valence-electron chi connectivity index (χ2n) is 8.01. The average molecular weight is 349 g/mol. The summed E-state index contributed by atoms with van der Waals surface area (Å²) in [5.41, 5.74) is 2.48. The summed E-state index contributed by atoms with van der Waals surface area (Å²) in [4.78, 5) is 14.9. The number of aliphatic hydroxyl groups excluding tert-OH is 1. The molecule has 2 atom stereocenters. The lowest BCUT2D eigenvalue weighted by atomic mass is 9.74. The summed E-state index contributed by atoms with van der Waals surface area (Å²) >= 11 is 0. The van der Waals surface area contributed by atoms with E-state index in [4.69, 9.17) is 0 Å². The molecule has 1 aliphatic heterocycles. The molecule has 1 saturated heterocycles. The van der Waals surface area contributed by atoms with Crippen LogP contribution in [0.5, 0.6) is 0 Å². The van der Waals surface area contributed by atoms with Gasteiger partial charge in [0, 0.05) is 31.0 Å². The largest absolute Gasteiger partial charge is 0.396 e. The smallest absolute Gasteiger partial charge is 0.226 e. The van der Waals surface area contributed by atoms with Gasteiger partial charge in [0.25, 0.3) is 0 Å². The molecule has 2 aromatic rings. The van der Waals surface area contributed by atoms with Crippen molar-refractivity contribution in [1.29, 1.82) is 0 Å². The molecule has 136 valence electrons. The Balaban J connectivity index is 1.35. The van der Waals surface area contributed by atoms with Gasteiger partial charge in [0.1, 0.15) is 0 Å². The zero-order chi connectivity index (χ0) is 18.0. The fourth-order valence-electron chi connectivity index (χ4n) is 4.39. The summed E-state index contributed by atoms with van der Waals surface area (Å²) in [7, 11) is 0. The van der Waals surface area contributed by atoms with Crippen molar-refractivity contribution >= 4 is 5.91 Å². The molecule has 3 nitrogen and oxygen atoms in total. The molecule has 0 bridgehead atoms. The molecule has 0 radical (unpaired) electrons. The molecule has 0 aromatic heterocycles. The molecule has 0 spiro atoms. The molecule has 1 saturated carbocycles. The Morgan fingerprint density at radius 1 is 1.00 bits per heavy atom. The second kappa shape index (κ2) is 7.24. The third-order valence-corrected chi connectivity index (χ3v) is 6.23. The van der Waals surface area contributed by atoms with E-state index in [0.717, 1.165) is 38.8 Å². The number of nitrogens with zero attached hydrogens (tertiary/aromatic N) is 1. The van der Waals surface area contributed by atoms with Crippen LogP contribution in [0.25, 0.3) is 0 Å². The summed E-state index contributed by atoms with van der Waals surface area (Å²) in [6.07, 6.45) is 3.64. The van der Waals surface area contributed by atoms with Crippen LogP contribution in [0.4, 0.5) is 0 Å². The van der Waals surface area contributed by atoms with E-state index >= 15 is 0 Å². The van der Waals surface area contributed by atoms with Gasteiger partial charge in [-0.2, -0.15) is 0 Å². The van der Waals surface area contributed by atoms with Gasteiger partial charge in [-0.1, -0.05) is 60.7 Å². The predicted molar refractivity (Wildman–Crippen MR) is 103 cm³/mol. The summed E-state index contributed by atoms with van der Waals surface area (Å²) in [5.74, 6) is 0.871. The molecule has 2 aromatic carbocycles. The van der Waals surface area contributed by atoms with E-state index in [2.05, 4.69) is 48.5 Å². The topological polar surface area (TPSA) is 40.5 Å². The summed E-state index contributed by atoms with van der Waals surface area (Å²) in [5, 5.41) is 10.0. The van der Waals surface area contributed by atoms with Crippen molar-refractivity contribution in [2.24, 2.45) is 11.3 Å². The maximum atomic E-state index is 12.9. The van der Waals surface area contributed by atoms with Crippen molar-refractivity contribution in [3.63, 3.8) is 0 Å². The number of piperidine rings is 1. The standard InChI is InChI=1S/C23H27NO2/c25-17-23(16-18-7-3-1-4-8-18)11-13-24(14-12-23)22(26)21-15-20(21)19-9-5-2-6-10-19/h1-10,20-21,25H,11-17H2/t20-,21+/m1/s1. The molecule has 1 heterocycles. The number of benzene rings is 2. The highest BCUT2D eigenvalue weighted by Gasteiger charge is 2.47. The Hall–Kier alpha value is -2.13. The molecule has 1 N–H and O–H groups in total. The Morgan fingerprint density at radius 2 is 1.62 bits per heavy atom. The summed E-state index contributed by atoms with van der Waals surface area (Å²) < 4.78 is 0. The van der Waals surface area contributed by atoms with Crippen LogP contribution in [0, 0.1) is 11.3 Å². The minimum Gasteiger partial charge on any atom is -0.396 e. The molecule has 2 fully saturated rings. The first kappa shape index (κ1) is 17.3. The fourth-order valence-corrected chi connectivity index (χ4v) is 4.39. The predicted octanol–water partition coefficient (Wildman–Crippen LogP) is 3.63. The SMILES string of the molecule is O=C([C@H]1C[C@@H]1c1ccccc1)N1CCC(CO)(Cc2ccccc2)CC1. The highest BCUT2D eigenvalue weighted by atomic mass is 16.3. The zero-order valence-corrected chi connectivity index (χ0v) is 15.2. The van der Waals surface area contributed by atoms with E-state index in [1.165, 1.54) is 11.1 Å². The molecule has 0 unspecified atom stereocenters. The maximum absolute atomic E-state index is 12.9. The van der Waals surface area contributed by atoms with Crippen LogP contribution in [-0.2, 0) is 11.2 Å². The fraction of sp³-hybridized carbons (Fsp3) is 0.435. The molecule has 1 amide bonds. The van der Waals surface area contributed by atoms with Gasteiger partial charge in [-0.3, -0.25) is 4.79 Å². The van der Waals surface area contributed by atoms with Crippen LogP contribution < -0.4 is 0 Å². The van der Waals surface area contributed by atoms with E-state index < -0.39 is 0 Å². The summed E-state index contributed by atoms with van der Waals surface area (Å²) in [6.45, 7) is 1.73. The molecule has 2 aliphatic rings. The zero-order valence-electron chi connectivity index (χ0n) is 15.2. The highest BCUT2D eigenvalue weighted by Crippen LogP contribution is 2.49. The monoisotopic (exact) mass is 349 g/mol. The Morgan fingerprint density at radius 3 is 2.23 bits per heavy atom. The first-order valence-corrected chi connectivity index (χ1v) is 9.69. The molecule has 4 rings (SSSR count). The van der Waals surface area contributed by atoms with Gasteiger partial charge in [-0.15, -0.1) is 0 Å². The first-order valence-electron chi connectivity index (χ1n) is 9.69. The molecule has 1 aliphatic carbocycles. The number of amides is 1. The van der Waals surface area contributed by atoms with Crippen molar-refractivity contribution in [3.05, 3.63) is 71.8 Å². The van der Waals surface area contributed by atoms with E-state index in [9.17, 15) is 9.90 Å². The van der Waals surface area contributed by atoms with Gasteiger partial charge in [-0.25, -0.2) is 0 Å². The van der Waals surface area contributed by atoms with Crippen LogP contribution in [0.2, 0.25) is 0 Å². The van der Waals surface area contributed by atoms with Gasteiger partial charge in [0.05, 0.1) is 0 Å². The number of hydrogen-bond donors (Lipinski definition) is 1. The highest BCUT2D eigenvalue weighted by molar-refractivity contribution is 5.83. The number of carbonyl (C=O) groups excluding carboxylic acids is 1. The quantitative estimate of drug-likeness (QED) is 0.895. The number of hydrogen-bond acceptors (Lipinski definition) is 2. The third kappa shape index (κ3) is 3.54. The van der Waals surface area contributed by atoms with Gasteiger partial charge >= 0.3 is 0 Å². The number of likely N-dealkylation sites (tertiary alicyclic amines) is 1. The molecular weight excluding hydrogens is 322 g/mol. The first-order chi connectivity index (χ1) is 12.7. The number of carbonyl (C=O) groups is 1. The lowest BCUT2D eigenvalue weighted by molar-refractivity contribution is -0.135. The van der Waals surface area contributed by atoms with Crippen molar-refractivity contribution in [3.8, 4) is 0 Å². The van der Waals surface area contributed by atoms with E-state index in [1.54, 1.807) is 0 Å². The number of aliphatic hydroxyl groups is 1. The van der Waals surface area contributed by atoms with Gasteiger partial charge < -0.3 is 10.0 Å². The van der Waals surface area contributed by atoms with Crippen molar-refractivity contribution in [1.82, 2.24) is 4.90 Å². The van der Waals surface area contributed by atoms with E-state index in [0.29, 0.717) is 11.8 Å². The third-order valence-electron chi connectivity index (χ3n) is 6.23. The van der Waals surface area contributed by atoms with E-state index in [-0.39, 0.29) is 17.9 Å². The van der Waals surface area contributed by atoms with Crippen LogP contribution in [0.15, 0.2) is 60.7 Å². The Labute approximate surface area is 155 Å². The second-order valence-corrected chi connectivity index (χ2v) is 8.01. The van der Waals surface area contributed by atoms with Gasteiger partial charge in [0.15, 0.2) is 0 Å². The van der Waals surface area contributed by atoms with Crippen molar-refractivity contribution in [2.75, 3.05) is 19.7 Å². The van der Waals surface area contributed by atoms with Crippen molar-refractivity contribution in [2.45, 2.75) is 31.6 Å². The van der Waals surface area contributed by atoms with Crippen molar-refractivity contribution < 1.29 is 9.90 Å². The minimum absolute atomic E-state index is 0.0828. The molecule has 3 heteroatoms. The van der Waals surface area contributed by atoms with Crippen LogP contribution >= 0.6 is 0 Å². The average Bonchev–Trinajstić information content (AvgIpc) is 3.50. The summed E-state index contributed by atoms with van der Waals surface area (Å²) in [6, 6.07) is 20.8. The lowest BCUT2D eigenvalue weighted by Gasteiger charge is -2.41. The Kier molecular flexibility index (Phi) is 4.82. The van der Waals surface area contributed by atoms with E-state index in [1.807, 2.05) is 17.0 Å². The van der Waals surface area contributed by atoms with Crippen LogP contribution in [0.1, 0.15) is 36.3 Å².